The highest BCUT2D eigenvalue weighted by molar-refractivity contribution is 7.15. The quantitative estimate of drug-likeness (QED) is 0.721. The topological polar surface area (TPSA) is 72.7 Å². The first-order chi connectivity index (χ1) is 11.6. The van der Waals surface area contributed by atoms with E-state index in [1.165, 1.54) is 17.4 Å². The van der Waals surface area contributed by atoms with Crippen molar-refractivity contribution in [1.29, 1.82) is 0 Å². The first kappa shape index (κ1) is 16.2. The molecule has 0 aliphatic rings. The van der Waals surface area contributed by atoms with Gasteiger partial charge in [0.2, 0.25) is 0 Å². The van der Waals surface area contributed by atoms with Crippen LogP contribution in [0.3, 0.4) is 0 Å². The molecule has 6 nitrogen and oxygen atoms in total. The van der Waals surface area contributed by atoms with Crippen LogP contribution in [-0.4, -0.2) is 22.0 Å². The molecule has 0 saturated heterocycles. The number of benzene rings is 1. The van der Waals surface area contributed by atoms with Crippen LogP contribution < -0.4 is 10.9 Å². The molecule has 0 saturated carbocycles. The predicted molar refractivity (Wildman–Crippen MR) is 93.8 cm³/mol. The second kappa shape index (κ2) is 6.84. The summed E-state index contributed by atoms with van der Waals surface area (Å²) in [5.41, 5.74) is 2.84. The Balaban J connectivity index is 1.72. The molecule has 3 rings (SSSR count). The van der Waals surface area contributed by atoms with Crippen molar-refractivity contribution in [3.8, 4) is 0 Å². The van der Waals surface area contributed by atoms with Gasteiger partial charge in [-0.3, -0.25) is 9.20 Å². The van der Waals surface area contributed by atoms with E-state index in [4.69, 9.17) is 4.74 Å². The fourth-order valence-electron chi connectivity index (χ4n) is 2.32. The molecule has 7 heteroatoms. The maximum atomic E-state index is 12.1. The predicted octanol–water partition coefficient (Wildman–Crippen LogP) is 2.85. The zero-order chi connectivity index (χ0) is 17.1. The lowest BCUT2D eigenvalue weighted by Gasteiger charge is -2.07. The standard InChI is InChI=1S/C17H17N3O3S/c1-3-23-16(22)12-4-6-13(7-5-12)18-9-14-8-15(21)20-11(2)10-24-17(20)19-14/h4-8,10,18H,3,9H2,1-2H3. The summed E-state index contributed by atoms with van der Waals surface area (Å²) in [6, 6.07) is 8.54. The molecule has 3 aromatic rings. The molecule has 0 spiro atoms. The normalized spacial score (nSPS) is 10.8. The van der Waals surface area contributed by atoms with Gasteiger partial charge in [-0.1, -0.05) is 0 Å². The highest BCUT2D eigenvalue weighted by Crippen LogP contribution is 2.14. The second-order valence-electron chi connectivity index (χ2n) is 5.23. The zero-order valence-corrected chi connectivity index (χ0v) is 14.2. The van der Waals surface area contributed by atoms with Crippen molar-refractivity contribution in [3.63, 3.8) is 0 Å². The Morgan fingerprint density at radius 3 is 2.79 bits per heavy atom. The smallest absolute Gasteiger partial charge is 0.338 e. The molecular weight excluding hydrogens is 326 g/mol. The molecule has 124 valence electrons. The average molecular weight is 343 g/mol. The molecular formula is C17H17N3O3S. The van der Waals surface area contributed by atoms with Crippen LogP contribution in [0.25, 0.3) is 4.96 Å². The second-order valence-corrected chi connectivity index (χ2v) is 6.07. The number of fused-ring (bicyclic) bond motifs is 1. The first-order valence-electron chi connectivity index (χ1n) is 7.56. The van der Waals surface area contributed by atoms with E-state index in [9.17, 15) is 9.59 Å². The number of rotatable bonds is 5. The molecule has 1 aromatic carbocycles. The van der Waals surface area contributed by atoms with E-state index in [0.717, 1.165) is 11.4 Å². The van der Waals surface area contributed by atoms with E-state index in [1.807, 2.05) is 12.3 Å². The van der Waals surface area contributed by atoms with Crippen LogP contribution in [0.15, 0.2) is 40.5 Å². The summed E-state index contributed by atoms with van der Waals surface area (Å²) >= 11 is 1.45. The van der Waals surface area contributed by atoms with Gasteiger partial charge < -0.3 is 10.1 Å². The summed E-state index contributed by atoms with van der Waals surface area (Å²) in [7, 11) is 0. The van der Waals surface area contributed by atoms with Crippen LogP contribution in [0, 0.1) is 6.92 Å². The highest BCUT2D eigenvalue weighted by Gasteiger charge is 2.07. The molecule has 1 N–H and O–H groups in total. The number of carbonyl (C=O) groups is 1. The summed E-state index contributed by atoms with van der Waals surface area (Å²) in [6.45, 7) is 4.44. The lowest BCUT2D eigenvalue weighted by Crippen LogP contribution is -2.16. The van der Waals surface area contributed by atoms with Gasteiger partial charge in [0.1, 0.15) is 0 Å². The minimum Gasteiger partial charge on any atom is -0.462 e. The molecule has 0 radical (unpaired) electrons. The Bertz CT molecular complexity index is 928. The van der Waals surface area contributed by atoms with Gasteiger partial charge in [-0.2, -0.15) is 0 Å². The number of aromatic nitrogens is 2. The third-order valence-electron chi connectivity index (χ3n) is 3.50. The number of hydrogen-bond acceptors (Lipinski definition) is 6. The number of thiazole rings is 1. The van der Waals surface area contributed by atoms with Crippen molar-refractivity contribution in [3.05, 3.63) is 63.0 Å². The van der Waals surface area contributed by atoms with Crippen LogP contribution in [0.1, 0.15) is 28.7 Å². The molecule has 0 fully saturated rings. The minimum absolute atomic E-state index is 0.0757. The van der Waals surface area contributed by atoms with E-state index >= 15 is 0 Å². The Morgan fingerprint density at radius 2 is 2.08 bits per heavy atom. The van der Waals surface area contributed by atoms with Gasteiger partial charge in [0, 0.05) is 22.8 Å². The van der Waals surface area contributed by atoms with Gasteiger partial charge in [0.25, 0.3) is 5.56 Å². The fourth-order valence-corrected chi connectivity index (χ4v) is 3.21. The Labute approximate surface area is 142 Å². The van der Waals surface area contributed by atoms with Crippen molar-refractivity contribution in [2.75, 3.05) is 11.9 Å². The molecule has 0 amide bonds. The van der Waals surface area contributed by atoms with Crippen LogP contribution in [-0.2, 0) is 11.3 Å². The van der Waals surface area contributed by atoms with Crippen molar-refractivity contribution >= 4 is 28.0 Å². The summed E-state index contributed by atoms with van der Waals surface area (Å²) in [5.74, 6) is -0.336. The molecule has 0 unspecified atom stereocenters. The van der Waals surface area contributed by atoms with Gasteiger partial charge in [0.15, 0.2) is 4.96 Å². The van der Waals surface area contributed by atoms with Gasteiger partial charge in [0.05, 0.1) is 24.4 Å². The number of nitrogens with one attached hydrogen (secondary N) is 1. The van der Waals surface area contributed by atoms with Gasteiger partial charge in [-0.05, 0) is 38.1 Å². The number of esters is 1. The lowest BCUT2D eigenvalue weighted by atomic mass is 10.2. The third kappa shape index (κ3) is 3.30. The number of anilines is 1. The Kier molecular flexibility index (Phi) is 4.61. The van der Waals surface area contributed by atoms with Gasteiger partial charge in [-0.15, -0.1) is 11.3 Å². The van der Waals surface area contributed by atoms with Crippen molar-refractivity contribution in [2.24, 2.45) is 0 Å². The van der Waals surface area contributed by atoms with Crippen LogP contribution in [0.2, 0.25) is 0 Å². The number of hydrogen-bond donors (Lipinski definition) is 1. The summed E-state index contributed by atoms with van der Waals surface area (Å²) < 4.78 is 6.55. The maximum absolute atomic E-state index is 12.1. The Morgan fingerprint density at radius 1 is 1.33 bits per heavy atom. The molecule has 0 atom stereocenters. The summed E-state index contributed by atoms with van der Waals surface area (Å²) in [4.78, 5) is 28.9. The van der Waals surface area contributed by atoms with Crippen LogP contribution in [0.5, 0.6) is 0 Å². The Hall–Kier alpha value is -2.67. The van der Waals surface area contributed by atoms with Crippen LogP contribution in [0.4, 0.5) is 5.69 Å². The van der Waals surface area contributed by atoms with E-state index in [-0.39, 0.29) is 11.5 Å². The number of aryl methyl sites for hydroxylation is 1. The van der Waals surface area contributed by atoms with E-state index < -0.39 is 0 Å². The average Bonchev–Trinajstić information content (AvgIpc) is 2.95. The monoisotopic (exact) mass is 343 g/mol. The van der Waals surface area contributed by atoms with Gasteiger partial charge in [-0.25, -0.2) is 9.78 Å². The summed E-state index contributed by atoms with van der Waals surface area (Å²) in [5, 5.41) is 5.11. The first-order valence-corrected chi connectivity index (χ1v) is 8.44. The van der Waals surface area contributed by atoms with E-state index in [1.54, 1.807) is 35.6 Å². The van der Waals surface area contributed by atoms with E-state index in [0.29, 0.717) is 29.4 Å². The van der Waals surface area contributed by atoms with Gasteiger partial charge >= 0.3 is 5.97 Å². The lowest BCUT2D eigenvalue weighted by molar-refractivity contribution is 0.0526. The fraction of sp³-hybridized carbons (Fsp3) is 0.235. The minimum atomic E-state index is -0.336. The molecule has 0 aliphatic carbocycles. The van der Waals surface area contributed by atoms with Crippen LogP contribution >= 0.6 is 11.3 Å². The molecule has 2 heterocycles. The highest BCUT2D eigenvalue weighted by atomic mass is 32.1. The summed E-state index contributed by atoms with van der Waals surface area (Å²) in [6.07, 6.45) is 0. The van der Waals surface area contributed by atoms with Crippen molar-refractivity contribution in [1.82, 2.24) is 9.38 Å². The molecule has 0 aliphatic heterocycles. The third-order valence-corrected chi connectivity index (χ3v) is 4.44. The van der Waals surface area contributed by atoms with Crippen molar-refractivity contribution in [2.45, 2.75) is 20.4 Å². The largest absolute Gasteiger partial charge is 0.462 e. The van der Waals surface area contributed by atoms with E-state index in [2.05, 4.69) is 10.3 Å². The van der Waals surface area contributed by atoms with Crippen molar-refractivity contribution < 1.29 is 9.53 Å². The molecule has 2 aromatic heterocycles. The number of nitrogens with zero attached hydrogens (tertiary/aromatic N) is 2. The SMILES string of the molecule is CCOC(=O)c1ccc(NCc2cc(=O)n3c(C)csc3n2)cc1. The maximum Gasteiger partial charge on any atom is 0.338 e. The number of carbonyl (C=O) groups excluding carboxylic acids is 1. The molecule has 24 heavy (non-hydrogen) atoms. The molecule has 0 bridgehead atoms. The zero-order valence-electron chi connectivity index (χ0n) is 13.4. The number of ether oxygens (including phenoxy) is 1.